The van der Waals surface area contributed by atoms with E-state index in [1.807, 2.05) is 0 Å². The second-order valence-corrected chi connectivity index (χ2v) is 5.20. The van der Waals surface area contributed by atoms with E-state index in [-0.39, 0.29) is 18.0 Å². The Labute approximate surface area is 115 Å². The van der Waals surface area contributed by atoms with Gasteiger partial charge in [-0.25, -0.2) is 0 Å². The molecule has 1 saturated heterocycles. The van der Waals surface area contributed by atoms with Crippen LogP contribution in [0.4, 0.5) is 0 Å². The van der Waals surface area contributed by atoms with E-state index in [4.69, 9.17) is 4.74 Å². The Balaban J connectivity index is 0.00000120. The summed E-state index contributed by atoms with van der Waals surface area (Å²) in [5.41, 5.74) is 4.14. The van der Waals surface area contributed by atoms with Crippen molar-refractivity contribution >= 4 is 18.5 Å². The van der Waals surface area contributed by atoms with Crippen molar-refractivity contribution in [2.75, 3.05) is 13.1 Å². The molecule has 98 valence electrons. The molecule has 0 spiro atoms. The molecule has 18 heavy (non-hydrogen) atoms. The van der Waals surface area contributed by atoms with Gasteiger partial charge in [0.05, 0.1) is 12.2 Å². The first kappa shape index (κ1) is 13.6. The Bertz CT molecular complexity index is 472. The number of fused-ring (bicyclic) bond motifs is 3. The van der Waals surface area contributed by atoms with E-state index in [1.54, 1.807) is 0 Å². The van der Waals surface area contributed by atoms with Gasteiger partial charge in [-0.3, -0.25) is 0 Å². The quantitative estimate of drug-likeness (QED) is 0.842. The second-order valence-electron chi connectivity index (χ2n) is 5.20. The summed E-state index contributed by atoms with van der Waals surface area (Å²) >= 11 is 0. The van der Waals surface area contributed by atoms with Gasteiger partial charge in [-0.15, -0.1) is 12.4 Å². The van der Waals surface area contributed by atoms with Crippen LogP contribution in [0, 0.1) is 0 Å². The van der Waals surface area contributed by atoms with Gasteiger partial charge in [0, 0.05) is 19.0 Å². The van der Waals surface area contributed by atoms with Crippen molar-refractivity contribution in [2.45, 2.75) is 32.0 Å². The van der Waals surface area contributed by atoms with Crippen molar-refractivity contribution in [3.05, 3.63) is 41.0 Å². The normalized spacial score (nSPS) is 29.8. The van der Waals surface area contributed by atoms with Gasteiger partial charge in [-0.05, 0) is 30.5 Å². The zero-order valence-electron chi connectivity index (χ0n) is 10.9. The van der Waals surface area contributed by atoms with Crippen LogP contribution in [-0.2, 0) is 11.3 Å². The third kappa shape index (κ3) is 1.99. The van der Waals surface area contributed by atoms with Crippen molar-refractivity contribution in [3.63, 3.8) is 0 Å². The first-order chi connectivity index (χ1) is 8.24. The lowest BCUT2D eigenvalue weighted by atomic mass is 9.80. The van der Waals surface area contributed by atoms with Crippen molar-refractivity contribution in [1.29, 1.82) is 0 Å². The molecular formula is C15H20ClNO. The molecule has 0 bridgehead atoms. The van der Waals surface area contributed by atoms with Crippen LogP contribution in [0.25, 0.3) is 6.08 Å². The van der Waals surface area contributed by atoms with Crippen LogP contribution in [-0.4, -0.2) is 18.7 Å². The van der Waals surface area contributed by atoms with Crippen molar-refractivity contribution in [3.8, 4) is 0 Å². The Morgan fingerprint density at radius 2 is 2.28 bits per heavy atom. The third-order valence-corrected chi connectivity index (χ3v) is 4.08. The lowest BCUT2D eigenvalue weighted by Gasteiger charge is -2.37. The maximum Gasteiger partial charge on any atom is 0.0863 e. The summed E-state index contributed by atoms with van der Waals surface area (Å²) in [7, 11) is 0. The summed E-state index contributed by atoms with van der Waals surface area (Å²) in [6, 6.07) is 6.60. The predicted molar refractivity (Wildman–Crippen MR) is 77.2 cm³/mol. The fourth-order valence-corrected chi connectivity index (χ4v) is 3.08. The molecule has 2 heterocycles. The molecule has 2 unspecified atom stereocenters. The predicted octanol–water partition coefficient (Wildman–Crippen LogP) is 3.12. The summed E-state index contributed by atoms with van der Waals surface area (Å²) in [6.45, 7) is 7.02. The SMILES string of the molecule is CC=Cc1cccc2c1COC1(C)CNCC21.Cl. The molecule has 0 radical (unpaired) electrons. The highest BCUT2D eigenvalue weighted by Crippen LogP contribution is 2.42. The Hall–Kier alpha value is -0.830. The van der Waals surface area contributed by atoms with Gasteiger partial charge in [0.15, 0.2) is 0 Å². The maximum atomic E-state index is 6.11. The lowest BCUT2D eigenvalue weighted by molar-refractivity contribution is -0.0518. The van der Waals surface area contributed by atoms with Crippen molar-refractivity contribution in [1.82, 2.24) is 5.32 Å². The third-order valence-electron chi connectivity index (χ3n) is 4.08. The summed E-state index contributed by atoms with van der Waals surface area (Å²) < 4.78 is 6.11. The van der Waals surface area contributed by atoms with Crippen LogP contribution >= 0.6 is 12.4 Å². The highest BCUT2D eigenvalue weighted by molar-refractivity contribution is 5.85. The van der Waals surface area contributed by atoms with Gasteiger partial charge in [-0.1, -0.05) is 30.4 Å². The van der Waals surface area contributed by atoms with E-state index in [2.05, 4.69) is 49.5 Å². The summed E-state index contributed by atoms with van der Waals surface area (Å²) in [6.07, 6.45) is 4.27. The zero-order valence-corrected chi connectivity index (χ0v) is 11.7. The van der Waals surface area contributed by atoms with Gasteiger partial charge >= 0.3 is 0 Å². The maximum absolute atomic E-state index is 6.11. The molecule has 2 aliphatic rings. The number of nitrogens with one attached hydrogen (secondary N) is 1. The van der Waals surface area contributed by atoms with Crippen molar-refractivity contribution < 1.29 is 4.74 Å². The Kier molecular flexibility index (Phi) is 3.81. The van der Waals surface area contributed by atoms with E-state index in [9.17, 15) is 0 Å². The number of rotatable bonds is 1. The van der Waals surface area contributed by atoms with E-state index >= 15 is 0 Å². The number of allylic oxidation sites excluding steroid dienone is 1. The van der Waals surface area contributed by atoms with Crippen LogP contribution in [0.2, 0.25) is 0 Å². The van der Waals surface area contributed by atoms with Gasteiger partial charge in [0.2, 0.25) is 0 Å². The van der Waals surface area contributed by atoms with Crippen molar-refractivity contribution in [2.24, 2.45) is 0 Å². The van der Waals surface area contributed by atoms with Crippen LogP contribution in [0.1, 0.15) is 36.5 Å². The summed E-state index contributed by atoms with van der Waals surface area (Å²) in [4.78, 5) is 0. The average Bonchev–Trinajstić information content (AvgIpc) is 2.72. The van der Waals surface area contributed by atoms with Crippen LogP contribution in [0.15, 0.2) is 24.3 Å². The van der Waals surface area contributed by atoms with Crippen LogP contribution in [0.5, 0.6) is 0 Å². The minimum Gasteiger partial charge on any atom is -0.369 e. The molecule has 0 amide bonds. The fourth-order valence-electron chi connectivity index (χ4n) is 3.08. The zero-order chi connectivity index (χ0) is 11.9. The summed E-state index contributed by atoms with van der Waals surface area (Å²) in [5, 5.41) is 3.45. The highest BCUT2D eigenvalue weighted by Gasteiger charge is 2.44. The topological polar surface area (TPSA) is 21.3 Å². The van der Waals surface area contributed by atoms with Crippen LogP contribution in [0.3, 0.4) is 0 Å². The van der Waals surface area contributed by atoms with Gasteiger partial charge in [0.1, 0.15) is 0 Å². The number of benzene rings is 1. The van der Waals surface area contributed by atoms with E-state index in [0.29, 0.717) is 5.92 Å². The Morgan fingerprint density at radius 1 is 1.44 bits per heavy atom. The number of halogens is 1. The first-order valence-corrected chi connectivity index (χ1v) is 6.34. The number of hydrogen-bond donors (Lipinski definition) is 1. The summed E-state index contributed by atoms with van der Waals surface area (Å²) in [5.74, 6) is 0.497. The first-order valence-electron chi connectivity index (χ1n) is 6.34. The Morgan fingerprint density at radius 3 is 3.06 bits per heavy atom. The molecule has 2 atom stereocenters. The molecule has 1 aromatic carbocycles. The molecule has 1 N–H and O–H groups in total. The minimum absolute atomic E-state index is 0. The van der Waals surface area contributed by atoms with E-state index < -0.39 is 0 Å². The molecule has 0 saturated carbocycles. The molecule has 2 aliphatic heterocycles. The molecule has 1 aromatic rings. The smallest absolute Gasteiger partial charge is 0.0863 e. The molecule has 0 aliphatic carbocycles. The monoisotopic (exact) mass is 265 g/mol. The molecule has 3 heteroatoms. The van der Waals surface area contributed by atoms with Gasteiger partial charge < -0.3 is 10.1 Å². The highest BCUT2D eigenvalue weighted by atomic mass is 35.5. The molecule has 2 nitrogen and oxygen atoms in total. The minimum atomic E-state index is -0.0123. The number of hydrogen-bond acceptors (Lipinski definition) is 2. The van der Waals surface area contributed by atoms with E-state index in [0.717, 1.165) is 19.7 Å². The molecular weight excluding hydrogens is 246 g/mol. The molecule has 3 rings (SSSR count). The second kappa shape index (κ2) is 5.04. The van der Waals surface area contributed by atoms with Crippen LogP contribution < -0.4 is 5.32 Å². The molecule has 1 fully saturated rings. The largest absolute Gasteiger partial charge is 0.369 e. The standard InChI is InChI=1S/C15H19NO.ClH/c1-3-5-11-6-4-7-12-13(11)9-17-15(2)10-16-8-14(12)15;/h3-7,14,16H,8-10H2,1-2H3;1H. The van der Waals surface area contributed by atoms with Gasteiger partial charge in [0.25, 0.3) is 0 Å². The fraction of sp³-hybridized carbons (Fsp3) is 0.467. The lowest BCUT2D eigenvalue weighted by Crippen LogP contribution is -2.39. The van der Waals surface area contributed by atoms with E-state index in [1.165, 1.54) is 16.7 Å². The van der Waals surface area contributed by atoms with Gasteiger partial charge in [-0.2, -0.15) is 0 Å². The number of ether oxygens (including phenoxy) is 1. The average molecular weight is 266 g/mol. The molecule has 0 aromatic heterocycles.